The molecule has 2 unspecified atom stereocenters. The highest BCUT2D eigenvalue weighted by Gasteiger charge is 2.28. The summed E-state index contributed by atoms with van der Waals surface area (Å²) in [5.41, 5.74) is 3.60. The molecule has 0 aliphatic carbocycles. The van der Waals surface area contributed by atoms with Crippen LogP contribution in [0.3, 0.4) is 0 Å². The first-order chi connectivity index (χ1) is 11.7. The molecule has 0 spiro atoms. The summed E-state index contributed by atoms with van der Waals surface area (Å²) in [4.78, 5) is 14.8. The van der Waals surface area contributed by atoms with Crippen molar-refractivity contribution in [3.05, 3.63) is 59.7 Å². The van der Waals surface area contributed by atoms with Gasteiger partial charge in [-0.15, -0.1) is 0 Å². The third kappa shape index (κ3) is 2.73. The topological polar surface area (TPSA) is 41.6 Å². The Kier molecular flexibility index (Phi) is 3.89. The van der Waals surface area contributed by atoms with Crippen LogP contribution in [-0.4, -0.2) is 25.6 Å². The summed E-state index contributed by atoms with van der Waals surface area (Å²) in [7, 11) is 0. The number of nitrogens with one attached hydrogen (secondary N) is 1. The van der Waals surface area contributed by atoms with E-state index >= 15 is 0 Å². The van der Waals surface area contributed by atoms with Crippen LogP contribution in [0.1, 0.15) is 36.4 Å². The number of amides is 1. The number of anilines is 1. The van der Waals surface area contributed by atoms with Gasteiger partial charge in [-0.25, -0.2) is 0 Å². The van der Waals surface area contributed by atoms with E-state index in [1.54, 1.807) is 0 Å². The number of fused-ring (bicyclic) bond motifs is 2. The molecule has 2 aliphatic heterocycles. The number of benzene rings is 2. The first-order valence-electron chi connectivity index (χ1n) is 8.57. The molecule has 124 valence electrons. The number of hydrogen-bond acceptors (Lipinski definition) is 3. The second-order valence-electron chi connectivity index (χ2n) is 6.64. The van der Waals surface area contributed by atoms with E-state index in [-0.39, 0.29) is 11.9 Å². The van der Waals surface area contributed by atoms with Gasteiger partial charge in [0.2, 0.25) is 5.91 Å². The average Bonchev–Trinajstić information content (AvgIpc) is 2.91. The number of carbonyl (C=O) groups is 1. The Labute approximate surface area is 142 Å². The zero-order valence-electron chi connectivity index (χ0n) is 13.9. The number of para-hydroxylation sites is 2. The second kappa shape index (κ2) is 6.19. The molecule has 1 N–H and O–H groups in total. The third-order valence-corrected chi connectivity index (χ3v) is 4.93. The molecule has 24 heavy (non-hydrogen) atoms. The van der Waals surface area contributed by atoms with Crippen LogP contribution < -0.4 is 15.0 Å². The van der Waals surface area contributed by atoms with Gasteiger partial charge in [-0.1, -0.05) is 43.3 Å². The van der Waals surface area contributed by atoms with Gasteiger partial charge in [0.1, 0.15) is 5.75 Å². The van der Waals surface area contributed by atoms with Crippen LogP contribution in [0, 0.1) is 0 Å². The Morgan fingerprint density at radius 2 is 1.92 bits per heavy atom. The van der Waals surface area contributed by atoms with Crippen molar-refractivity contribution in [1.29, 1.82) is 0 Å². The van der Waals surface area contributed by atoms with E-state index in [1.807, 2.05) is 30.3 Å². The summed E-state index contributed by atoms with van der Waals surface area (Å²) in [6.45, 7) is 4.16. The molecular formula is C20H22N2O2. The highest BCUT2D eigenvalue weighted by Crippen LogP contribution is 2.35. The van der Waals surface area contributed by atoms with Crippen LogP contribution >= 0.6 is 0 Å². The Balaban J connectivity index is 1.45. The van der Waals surface area contributed by atoms with Gasteiger partial charge >= 0.3 is 0 Å². The van der Waals surface area contributed by atoms with Crippen LogP contribution in [0.25, 0.3) is 0 Å². The van der Waals surface area contributed by atoms with E-state index in [2.05, 4.69) is 35.3 Å². The van der Waals surface area contributed by atoms with Crippen LogP contribution in [0.4, 0.5) is 5.69 Å². The predicted molar refractivity (Wildman–Crippen MR) is 94.5 cm³/mol. The first-order valence-corrected chi connectivity index (χ1v) is 8.57. The fourth-order valence-electron chi connectivity index (χ4n) is 3.77. The molecule has 0 radical (unpaired) electrons. The van der Waals surface area contributed by atoms with Crippen molar-refractivity contribution < 1.29 is 9.53 Å². The fourth-order valence-corrected chi connectivity index (χ4v) is 3.77. The quantitative estimate of drug-likeness (QED) is 0.943. The van der Waals surface area contributed by atoms with Gasteiger partial charge in [-0.3, -0.25) is 4.79 Å². The molecule has 4 nitrogen and oxygen atoms in total. The van der Waals surface area contributed by atoms with Crippen LogP contribution in [0.5, 0.6) is 5.75 Å². The number of carbonyl (C=O) groups excluding carboxylic acids is 1. The van der Waals surface area contributed by atoms with E-state index in [1.165, 1.54) is 11.3 Å². The smallest absolute Gasteiger partial charge is 0.240 e. The summed E-state index contributed by atoms with van der Waals surface area (Å²) in [5.74, 6) is 1.42. The lowest BCUT2D eigenvalue weighted by atomic mass is 10.0. The molecule has 0 fully saturated rings. The summed E-state index contributed by atoms with van der Waals surface area (Å²) in [5, 5.41) is 3.19. The minimum Gasteiger partial charge on any atom is -0.493 e. The van der Waals surface area contributed by atoms with Gasteiger partial charge in [-0.2, -0.15) is 0 Å². The molecule has 4 rings (SSSR count). The van der Waals surface area contributed by atoms with E-state index in [0.717, 1.165) is 24.3 Å². The molecule has 0 saturated heterocycles. The number of hydrogen-bond donors (Lipinski definition) is 1. The Morgan fingerprint density at radius 3 is 2.79 bits per heavy atom. The molecule has 2 aromatic carbocycles. The molecule has 2 aromatic rings. The third-order valence-electron chi connectivity index (χ3n) is 4.93. The molecule has 2 atom stereocenters. The minimum atomic E-state index is 0.0396. The monoisotopic (exact) mass is 322 g/mol. The van der Waals surface area contributed by atoms with Gasteiger partial charge in [-0.05, 0) is 17.7 Å². The maximum absolute atomic E-state index is 12.6. The number of rotatable bonds is 3. The van der Waals surface area contributed by atoms with Crippen molar-refractivity contribution in [3.63, 3.8) is 0 Å². The normalized spacial score (nSPS) is 21.6. The molecule has 1 amide bonds. The largest absolute Gasteiger partial charge is 0.493 e. The maximum Gasteiger partial charge on any atom is 0.240 e. The molecule has 2 aliphatic rings. The zero-order chi connectivity index (χ0) is 16.5. The molecule has 4 heteroatoms. The summed E-state index contributed by atoms with van der Waals surface area (Å²) < 4.78 is 5.67. The molecule has 2 heterocycles. The van der Waals surface area contributed by atoms with Gasteiger partial charge < -0.3 is 15.0 Å². The van der Waals surface area contributed by atoms with E-state index < -0.39 is 0 Å². The number of ether oxygens (including phenoxy) is 1. The molecule has 0 bridgehead atoms. The average molecular weight is 322 g/mol. The summed E-state index contributed by atoms with van der Waals surface area (Å²) in [6, 6.07) is 16.4. The lowest BCUT2D eigenvalue weighted by Gasteiger charge is -2.28. The Bertz CT molecular complexity index is 759. The van der Waals surface area contributed by atoms with Crippen LogP contribution in [0.15, 0.2) is 48.5 Å². The van der Waals surface area contributed by atoms with E-state index in [0.29, 0.717) is 19.1 Å². The van der Waals surface area contributed by atoms with Crippen molar-refractivity contribution in [2.24, 2.45) is 0 Å². The van der Waals surface area contributed by atoms with Gasteiger partial charge in [0.15, 0.2) is 0 Å². The second-order valence-corrected chi connectivity index (χ2v) is 6.64. The highest BCUT2D eigenvalue weighted by atomic mass is 16.5. The molecule has 0 saturated carbocycles. The van der Waals surface area contributed by atoms with E-state index in [9.17, 15) is 4.79 Å². The van der Waals surface area contributed by atoms with Crippen molar-refractivity contribution in [2.75, 3.05) is 24.6 Å². The van der Waals surface area contributed by atoms with Gasteiger partial charge in [0.25, 0.3) is 0 Å². The molecular weight excluding hydrogens is 300 g/mol. The lowest BCUT2D eigenvalue weighted by molar-refractivity contribution is -0.120. The van der Waals surface area contributed by atoms with Gasteiger partial charge in [0, 0.05) is 30.1 Å². The Hall–Kier alpha value is -2.49. The van der Waals surface area contributed by atoms with Crippen LogP contribution in [0.2, 0.25) is 0 Å². The van der Waals surface area contributed by atoms with Gasteiger partial charge in [0.05, 0.1) is 19.2 Å². The summed E-state index contributed by atoms with van der Waals surface area (Å²) in [6.07, 6.45) is 0.815. The predicted octanol–water partition coefficient (Wildman–Crippen LogP) is 3.25. The van der Waals surface area contributed by atoms with E-state index in [4.69, 9.17) is 4.74 Å². The number of nitrogens with zero attached hydrogens (tertiary/aromatic N) is 1. The standard InChI is InChI=1S/C20H22N2O2/c1-14-12-22(18-8-4-2-6-15(14)18)13-20(23)21-17-10-11-24-19-9-5-3-7-16(17)19/h2-9,14,17H,10-13H2,1H3,(H,21,23). The van der Waals surface area contributed by atoms with Crippen molar-refractivity contribution in [3.8, 4) is 5.75 Å². The lowest BCUT2D eigenvalue weighted by Crippen LogP contribution is -2.39. The SMILES string of the molecule is CC1CN(CC(=O)NC2CCOc3ccccc32)c2ccccc21. The van der Waals surface area contributed by atoms with Crippen molar-refractivity contribution in [2.45, 2.75) is 25.3 Å². The maximum atomic E-state index is 12.6. The summed E-state index contributed by atoms with van der Waals surface area (Å²) >= 11 is 0. The first kappa shape index (κ1) is 15.1. The molecule has 0 aromatic heterocycles. The highest BCUT2D eigenvalue weighted by molar-refractivity contribution is 5.83. The Morgan fingerprint density at radius 1 is 1.17 bits per heavy atom. The van der Waals surface area contributed by atoms with Crippen LogP contribution in [-0.2, 0) is 4.79 Å². The zero-order valence-corrected chi connectivity index (χ0v) is 13.9. The van der Waals surface area contributed by atoms with Crippen molar-refractivity contribution in [1.82, 2.24) is 5.32 Å². The fraction of sp³-hybridized carbons (Fsp3) is 0.350. The minimum absolute atomic E-state index is 0.0396. The van der Waals surface area contributed by atoms with Crippen molar-refractivity contribution >= 4 is 11.6 Å².